The molecule has 23 heavy (non-hydrogen) atoms. The van der Waals surface area contributed by atoms with Crippen molar-refractivity contribution < 1.29 is 14.7 Å². The molecule has 0 aliphatic heterocycles. The minimum absolute atomic E-state index is 0.0684. The Balaban J connectivity index is 4.55. The number of carbonyl (C=O) groups excluding carboxylic acids is 1. The zero-order chi connectivity index (χ0) is 17.7. The number of rotatable bonds is 13. The Morgan fingerprint density at radius 1 is 1.22 bits per heavy atom. The molecule has 0 spiro atoms. The van der Waals surface area contributed by atoms with Gasteiger partial charge in [-0.25, -0.2) is 4.79 Å². The fraction of sp³-hybridized carbons (Fsp3) is 0.750. The van der Waals surface area contributed by atoms with Crippen LogP contribution in [0.3, 0.4) is 0 Å². The van der Waals surface area contributed by atoms with Gasteiger partial charge in [0, 0.05) is 34.7 Å². The van der Waals surface area contributed by atoms with Crippen molar-refractivity contribution in [3.63, 3.8) is 0 Å². The average molecular weight is 348 g/mol. The van der Waals surface area contributed by atoms with Crippen LogP contribution in [0, 0.1) is 10.8 Å². The Labute approximate surface area is 138 Å². The van der Waals surface area contributed by atoms with Gasteiger partial charge in [-0.3, -0.25) is 9.79 Å². The van der Waals surface area contributed by atoms with Gasteiger partial charge in [-0.1, -0.05) is 0 Å². The fourth-order valence-electron chi connectivity index (χ4n) is 1.83. The Kier molecular flexibility index (Phi) is 11.6. The van der Waals surface area contributed by atoms with E-state index in [0.717, 1.165) is 11.9 Å². The lowest BCUT2D eigenvalue weighted by Gasteiger charge is -2.19. The second kappa shape index (κ2) is 12.6. The Morgan fingerprint density at radius 3 is 2.43 bits per heavy atom. The number of carbonyl (C=O) groups is 2. The third-order valence-corrected chi connectivity index (χ3v) is 3.67. The van der Waals surface area contributed by atoms with Gasteiger partial charge in [0.1, 0.15) is 6.04 Å². The van der Waals surface area contributed by atoms with Gasteiger partial charge in [-0.15, -0.1) is 4.91 Å². The molecule has 132 valence electrons. The lowest BCUT2D eigenvalue weighted by molar-refractivity contribution is -0.142. The number of aliphatic imine (C=N–C) groups is 1. The van der Waals surface area contributed by atoms with Crippen molar-refractivity contribution in [2.45, 2.75) is 31.7 Å². The van der Waals surface area contributed by atoms with E-state index < -0.39 is 23.8 Å². The molecule has 0 unspecified atom stereocenters. The molecule has 0 fully saturated rings. The van der Waals surface area contributed by atoms with Gasteiger partial charge in [0.25, 0.3) is 0 Å². The summed E-state index contributed by atoms with van der Waals surface area (Å²) in [5.74, 6) is -1.96. The first-order valence-corrected chi connectivity index (χ1v) is 8.09. The van der Waals surface area contributed by atoms with E-state index in [9.17, 15) is 19.6 Å². The van der Waals surface area contributed by atoms with Crippen LogP contribution < -0.4 is 22.5 Å². The maximum absolute atomic E-state index is 12.2. The highest BCUT2D eigenvalue weighted by Gasteiger charge is 2.25. The Bertz CT molecular complexity index is 416. The van der Waals surface area contributed by atoms with Gasteiger partial charge in [-0.05, 0) is 32.2 Å². The largest absolute Gasteiger partial charge is 0.480 e. The minimum atomic E-state index is -1.14. The van der Waals surface area contributed by atoms with E-state index in [2.05, 4.69) is 14.9 Å². The molecule has 0 saturated carbocycles. The molecule has 0 aromatic carbocycles. The first kappa shape index (κ1) is 21.1. The number of nitrogens with one attached hydrogen (secondary N) is 1. The third kappa shape index (κ3) is 10.5. The molecule has 1 amide bonds. The Hall–Kier alpha value is -1.88. The molecule has 0 aliphatic carbocycles. The number of amides is 1. The molecular formula is C12H24N6O4S. The van der Waals surface area contributed by atoms with Crippen LogP contribution in [0.25, 0.3) is 0 Å². The fourth-order valence-corrected chi connectivity index (χ4v) is 2.38. The molecule has 0 aromatic rings. The molecule has 0 heterocycles. The van der Waals surface area contributed by atoms with E-state index in [-0.39, 0.29) is 24.7 Å². The highest BCUT2D eigenvalue weighted by atomic mass is 32.2. The number of nitroso groups, excluding NO2 is 1. The van der Waals surface area contributed by atoms with E-state index in [0.29, 0.717) is 25.8 Å². The van der Waals surface area contributed by atoms with Crippen molar-refractivity contribution in [2.24, 2.45) is 32.7 Å². The number of nitrogens with two attached hydrogens (primary N) is 3. The van der Waals surface area contributed by atoms with Crippen LogP contribution in [0.5, 0.6) is 0 Å². The molecule has 0 bridgehead atoms. The second-order valence-corrected chi connectivity index (χ2v) is 5.59. The highest BCUT2D eigenvalue weighted by molar-refractivity contribution is 7.97. The maximum Gasteiger partial charge on any atom is 0.326 e. The van der Waals surface area contributed by atoms with Gasteiger partial charge in [0.2, 0.25) is 5.91 Å². The first-order valence-electron chi connectivity index (χ1n) is 7.15. The summed E-state index contributed by atoms with van der Waals surface area (Å²) < 4.78 is 2.66. The Morgan fingerprint density at radius 2 is 1.91 bits per heavy atom. The van der Waals surface area contributed by atoms with Crippen molar-refractivity contribution in [1.82, 2.24) is 5.32 Å². The SMILES string of the molecule is NCCC[C@H](CSN=O)C(=O)N[C@@H](CCCN=C(N)N)C(=O)O. The maximum atomic E-state index is 12.2. The minimum Gasteiger partial charge on any atom is -0.480 e. The van der Waals surface area contributed by atoms with E-state index >= 15 is 0 Å². The molecular weight excluding hydrogens is 324 g/mol. The van der Waals surface area contributed by atoms with Gasteiger partial charge in [-0.2, -0.15) is 0 Å². The second-order valence-electron chi connectivity index (χ2n) is 4.85. The van der Waals surface area contributed by atoms with Gasteiger partial charge < -0.3 is 27.6 Å². The first-order chi connectivity index (χ1) is 10.9. The van der Waals surface area contributed by atoms with Crippen LogP contribution in [0.2, 0.25) is 0 Å². The summed E-state index contributed by atoms with van der Waals surface area (Å²) in [6, 6.07) is -1.04. The quantitative estimate of drug-likeness (QED) is 0.0957. The lowest BCUT2D eigenvalue weighted by atomic mass is 10.0. The van der Waals surface area contributed by atoms with Crippen LogP contribution >= 0.6 is 11.9 Å². The molecule has 0 aromatic heterocycles. The molecule has 0 aliphatic rings. The number of nitrogens with zero attached hydrogens (tertiary/aromatic N) is 2. The predicted octanol–water partition coefficient (Wildman–Crippen LogP) is -0.621. The topological polar surface area (TPSA) is 186 Å². The van der Waals surface area contributed by atoms with E-state index in [4.69, 9.17) is 17.2 Å². The van der Waals surface area contributed by atoms with Crippen molar-refractivity contribution in [3.05, 3.63) is 4.91 Å². The van der Waals surface area contributed by atoms with Crippen molar-refractivity contribution in [1.29, 1.82) is 0 Å². The molecule has 0 radical (unpaired) electrons. The monoisotopic (exact) mass is 348 g/mol. The molecule has 10 nitrogen and oxygen atoms in total. The summed E-state index contributed by atoms with van der Waals surface area (Å²) >= 11 is 0.730. The van der Waals surface area contributed by atoms with Gasteiger partial charge >= 0.3 is 5.97 Å². The average Bonchev–Trinajstić information content (AvgIpc) is 2.49. The van der Waals surface area contributed by atoms with Crippen LogP contribution in [0.1, 0.15) is 25.7 Å². The highest BCUT2D eigenvalue weighted by Crippen LogP contribution is 2.15. The van der Waals surface area contributed by atoms with Crippen LogP contribution in [-0.2, 0) is 9.59 Å². The van der Waals surface area contributed by atoms with E-state index in [1.54, 1.807) is 0 Å². The summed E-state index contributed by atoms with van der Waals surface area (Å²) in [6.45, 7) is 0.688. The van der Waals surface area contributed by atoms with E-state index in [1.807, 2.05) is 0 Å². The number of aliphatic carboxylic acids is 1. The summed E-state index contributed by atoms with van der Waals surface area (Å²) in [6.07, 6.45) is 1.67. The van der Waals surface area contributed by atoms with Crippen LogP contribution in [0.15, 0.2) is 9.57 Å². The smallest absolute Gasteiger partial charge is 0.326 e. The van der Waals surface area contributed by atoms with Crippen molar-refractivity contribution in [2.75, 3.05) is 18.8 Å². The molecule has 0 saturated heterocycles. The summed E-state index contributed by atoms with van der Waals surface area (Å²) in [4.78, 5) is 37.3. The number of carboxylic acids is 1. The molecule has 11 heteroatoms. The van der Waals surface area contributed by atoms with Gasteiger partial charge in [0.05, 0.1) is 0 Å². The number of carboxylic acid groups (broad SMARTS) is 1. The normalized spacial score (nSPS) is 12.9. The molecule has 2 atom stereocenters. The zero-order valence-electron chi connectivity index (χ0n) is 12.8. The van der Waals surface area contributed by atoms with E-state index in [1.165, 1.54) is 0 Å². The summed E-state index contributed by atoms with van der Waals surface area (Å²) in [5, 5.41) is 11.6. The van der Waals surface area contributed by atoms with Crippen LogP contribution in [0.4, 0.5) is 0 Å². The number of hydrogen-bond acceptors (Lipinski definition) is 7. The molecule has 0 rings (SSSR count). The van der Waals surface area contributed by atoms with Crippen molar-refractivity contribution >= 4 is 29.8 Å². The van der Waals surface area contributed by atoms with Gasteiger partial charge in [0.15, 0.2) is 5.96 Å². The lowest BCUT2D eigenvalue weighted by Crippen LogP contribution is -2.44. The standard InChI is InChI=1S/C12H24N6O4S/c13-5-1-3-8(7-23-18-22)10(19)17-9(11(20)21)4-2-6-16-12(14)15/h8-9H,1-7,13H2,(H,17,19)(H,20,21)(H4,14,15,16)/t8-,9+/m1/s1. The van der Waals surface area contributed by atoms with Crippen LogP contribution in [-0.4, -0.2) is 47.8 Å². The predicted molar refractivity (Wildman–Crippen MR) is 89.5 cm³/mol. The third-order valence-electron chi connectivity index (χ3n) is 3.02. The summed E-state index contributed by atoms with van der Waals surface area (Å²) in [5.41, 5.74) is 15.8. The number of guanidine groups is 1. The molecule has 8 N–H and O–H groups in total. The zero-order valence-corrected chi connectivity index (χ0v) is 13.6. The number of hydrogen-bond donors (Lipinski definition) is 5. The summed E-state index contributed by atoms with van der Waals surface area (Å²) in [7, 11) is 0. The van der Waals surface area contributed by atoms with Crippen molar-refractivity contribution in [3.8, 4) is 0 Å².